The van der Waals surface area contributed by atoms with Crippen LogP contribution in [-0.4, -0.2) is 9.97 Å². The second-order valence-corrected chi connectivity index (χ2v) is 5.41. The van der Waals surface area contributed by atoms with Crippen molar-refractivity contribution in [3.63, 3.8) is 0 Å². The first-order chi connectivity index (χ1) is 9.08. The van der Waals surface area contributed by atoms with Crippen molar-refractivity contribution in [1.29, 1.82) is 0 Å². The fraction of sp³-hybridized carbons (Fsp3) is 0.0769. The first-order valence-electron chi connectivity index (χ1n) is 5.63. The molecule has 0 radical (unpaired) electrons. The molecule has 6 heteroatoms. The molecule has 0 spiro atoms. The molecule has 0 aliphatic heterocycles. The summed E-state index contributed by atoms with van der Waals surface area (Å²) < 4.78 is 13.6. The van der Waals surface area contributed by atoms with Crippen LogP contribution in [0.4, 0.5) is 15.9 Å². The van der Waals surface area contributed by atoms with Crippen molar-refractivity contribution >= 4 is 33.1 Å². The van der Waals surface area contributed by atoms with Crippen LogP contribution in [0.2, 0.25) is 0 Å². The number of aryl methyl sites for hydroxylation is 1. The zero-order chi connectivity index (χ0) is 13.6. The van der Waals surface area contributed by atoms with Gasteiger partial charge in [0.05, 0.1) is 11.1 Å². The van der Waals surface area contributed by atoms with Crippen molar-refractivity contribution in [1.82, 2.24) is 9.97 Å². The van der Waals surface area contributed by atoms with E-state index in [4.69, 9.17) is 11.5 Å². The maximum Gasteiger partial charge on any atom is 0.146 e. The standard InChI is InChI=1S/C13H11FN4S/c1-6-10(7-2-3-9(15)8(14)4-7)11-12(16)17-5-18-13(11)19-6/h2-5H,15H2,1H3,(H2,16,17,18). The molecule has 0 saturated carbocycles. The lowest BCUT2D eigenvalue weighted by Gasteiger charge is -2.05. The summed E-state index contributed by atoms with van der Waals surface area (Å²) in [5.41, 5.74) is 13.1. The van der Waals surface area contributed by atoms with Crippen molar-refractivity contribution in [2.45, 2.75) is 6.92 Å². The third-order valence-corrected chi connectivity index (χ3v) is 4.00. The minimum atomic E-state index is -0.438. The van der Waals surface area contributed by atoms with Crippen LogP contribution in [0.1, 0.15) is 4.88 Å². The van der Waals surface area contributed by atoms with Gasteiger partial charge in [0.25, 0.3) is 0 Å². The van der Waals surface area contributed by atoms with E-state index < -0.39 is 5.82 Å². The minimum absolute atomic E-state index is 0.130. The molecule has 1 aromatic carbocycles. The van der Waals surface area contributed by atoms with Gasteiger partial charge in [-0.15, -0.1) is 11.3 Å². The fourth-order valence-corrected chi connectivity index (χ4v) is 3.12. The van der Waals surface area contributed by atoms with Gasteiger partial charge in [0.1, 0.15) is 22.8 Å². The molecule has 0 bridgehead atoms. The van der Waals surface area contributed by atoms with Crippen LogP contribution in [0, 0.1) is 12.7 Å². The van der Waals surface area contributed by atoms with Gasteiger partial charge in [-0.2, -0.15) is 0 Å². The van der Waals surface area contributed by atoms with Crippen LogP contribution in [0.25, 0.3) is 21.3 Å². The molecule has 2 aromatic heterocycles. The van der Waals surface area contributed by atoms with Gasteiger partial charge in [0, 0.05) is 10.4 Å². The number of anilines is 2. The molecule has 0 saturated heterocycles. The average molecular weight is 274 g/mol. The lowest BCUT2D eigenvalue weighted by atomic mass is 10.0. The number of hydrogen-bond acceptors (Lipinski definition) is 5. The first-order valence-corrected chi connectivity index (χ1v) is 6.44. The highest BCUT2D eigenvalue weighted by Gasteiger charge is 2.16. The molecule has 4 N–H and O–H groups in total. The quantitative estimate of drug-likeness (QED) is 0.669. The highest BCUT2D eigenvalue weighted by Crippen LogP contribution is 2.39. The summed E-state index contributed by atoms with van der Waals surface area (Å²) in [5, 5.41) is 0.772. The van der Waals surface area contributed by atoms with E-state index in [2.05, 4.69) is 9.97 Å². The monoisotopic (exact) mass is 274 g/mol. The SMILES string of the molecule is Cc1sc2ncnc(N)c2c1-c1ccc(N)c(F)c1. The van der Waals surface area contributed by atoms with Gasteiger partial charge in [-0.25, -0.2) is 14.4 Å². The highest BCUT2D eigenvalue weighted by atomic mass is 32.1. The Morgan fingerprint density at radius 1 is 1.21 bits per heavy atom. The predicted octanol–water partition coefficient (Wildman–Crippen LogP) is 2.97. The number of aromatic nitrogens is 2. The second-order valence-electron chi connectivity index (χ2n) is 4.21. The first kappa shape index (κ1) is 11.9. The Morgan fingerprint density at radius 2 is 2.00 bits per heavy atom. The molecule has 4 nitrogen and oxygen atoms in total. The maximum atomic E-state index is 13.6. The van der Waals surface area contributed by atoms with Gasteiger partial charge in [0.15, 0.2) is 0 Å². The maximum absolute atomic E-state index is 13.6. The van der Waals surface area contributed by atoms with E-state index in [1.54, 1.807) is 12.1 Å². The molecule has 0 aliphatic rings. The summed E-state index contributed by atoms with van der Waals surface area (Å²) in [5.74, 6) is -0.0340. The molecular weight excluding hydrogens is 263 g/mol. The normalized spacial score (nSPS) is 11.1. The summed E-state index contributed by atoms with van der Waals surface area (Å²) in [7, 11) is 0. The number of nitrogens with zero attached hydrogens (tertiary/aromatic N) is 2. The van der Waals surface area contributed by atoms with Crippen LogP contribution in [0.5, 0.6) is 0 Å². The third kappa shape index (κ3) is 1.80. The predicted molar refractivity (Wildman–Crippen MR) is 76.4 cm³/mol. The van der Waals surface area contributed by atoms with Crippen molar-refractivity contribution < 1.29 is 4.39 Å². The largest absolute Gasteiger partial charge is 0.396 e. The van der Waals surface area contributed by atoms with Gasteiger partial charge in [0.2, 0.25) is 0 Å². The summed E-state index contributed by atoms with van der Waals surface area (Å²) in [6, 6.07) is 4.74. The van der Waals surface area contributed by atoms with E-state index in [0.29, 0.717) is 5.82 Å². The molecule has 0 aliphatic carbocycles. The van der Waals surface area contributed by atoms with Crippen LogP contribution >= 0.6 is 11.3 Å². The average Bonchev–Trinajstić information content (AvgIpc) is 2.70. The number of thiophene rings is 1. The number of hydrogen-bond donors (Lipinski definition) is 2. The van der Waals surface area contributed by atoms with E-state index in [1.165, 1.54) is 23.7 Å². The molecule has 0 fully saturated rings. The second kappa shape index (κ2) is 4.17. The Kier molecular flexibility index (Phi) is 2.60. The van der Waals surface area contributed by atoms with E-state index in [0.717, 1.165) is 26.2 Å². The minimum Gasteiger partial charge on any atom is -0.396 e. The van der Waals surface area contributed by atoms with E-state index in [1.807, 2.05) is 6.92 Å². The van der Waals surface area contributed by atoms with E-state index in [-0.39, 0.29) is 5.69 Å². The molecule has 3 rings (SSSR count). The molecule has 3 aromatic rings. The van der Waals surface area contributed by atoms with Crippen LogP contribution in [0.3, 0.4) is 0 Å². The number of benzene rings is 1. The summed E-state index contributed by atoms with van der Waals surface area (Å²) in [6.07, 6.45) is 1.43. The number of nitrogen functional groups attached to an aromatic ring is 2. The summed E-state index contributed by atoms with van der Waals surface area (Å²) >= 11 is 1.51. The molecule has 19 heavy (non-hydrogen) atoms. The molecule has 2 heterocycles. The molecule has 0 unspecified atom stereocenters. The Morgan fingerprint density at radius 3 is 2.74 bits per heavy atom. The zero-order valence-electron chi connectivity index (χ0n) is 10.1. The van der Waals surface area contributed by atoms with Crippen molar-refractivity contribution in [2.24, 2.45) is 0 Å². The third-order valence-electron chi connectivity index (χ3n) is 2.98. The number of halogens is 1. The fourth-order valence-electron chi connectivity index (χ4n) is 2.10. The molecule has 0 atom stereocenters. The Hall–Kier alpha value is -2.21. The van der Waals surface area contributed by atoms with Crippen molar-refractivity contribution in [2.75, 3.05) is 11.5 Å². The Balaban J connectivity index is 2.35. The van der Waals surface area contributed by atoms with Gasteiger partial charge >= 0.3 is 0 Å². The highest BCUT2D eigenvalue weighted by molar-refractivity contribution is 7.19. The summed E-state index contributed by atoms with van der Waals surface area (Å²) in [6.45, 7) is 1.95. The molecule has 96 valence electrons. The van der Waals surface area contributed by atoms with Crippen LogP contribution in [-0.2, 0) is 0 Å². The smallest absolute Gasteiger partial charge is 0.146 e. The Labute approximate surface area is 112 Å². The molecular formula is C13H11FN4S. The van der Waals surface area contributed by atoms with Gasteiger partial charge in [-0.1, -0.05) is 6.07 Å². The van der Waals surface area contributed by atoms with Crippen LogP contribution < -0.4 is 11.5 Å². The van der Waals surface area contributed by atoms with E-state index in [9.17, 15) is 4.39 Å². The Bertz CT molecular complexity index is 782. The molecule has 0 amide bonds. The van der Waals surface area contributed by atoms with Gasteiger partial charge < -0.3 is 11.5 Å². The topological polar surface area (TPSA) is 77.8 Å². The summed E-state index contributed by atoms with van der Waals surface area (Å²) in [4.78, 5) is 10.0. The van der Waals surface area contributed by atoms with E-state index >= 15 is 0 Å². The number of nitrogens with two attached hydrogens (primary N) is 2. The van der Waals surface area contributed by atoms with Gasteiger partial charge in [-0.05, 0) is 24.6 Å². The van der Waals surface area contributed by atoms with Gasteiger partial charge in [-0.3, -0.25) is 0 Å². The lowest BCUT2D eigenvalue weighted by Crippen LogP contribution is -1.94. The van der Waals surface area contributed by atoms with Crippen molar-refractivity contribution in [3.05, 3.63) is 35.2 Å². The lowest BCUT2D eigenvalue weighted by molar-refractivity contribution is 0.633. The number of rotatable bonds is 1. The van der Waals surface area contributed by atoms with Crippen LogP contribution in [0.15, 0.2) is 24.5 Å². The number of fused-ring (bicyclic) bond motifs is 1. The van der Waals surface area contributed by atoms with Crippen molar-refractivity contribution in [3.8, 4) is 11.1 Å². The zero-order valence-corrected chi connectivity index (χ0v) is 11.0.